The van der Waals surface area contributed by atoms with Gasteiger partial charge in [0.1, 0.15) is 5.69 Å². The molecular formula is C11H15N5OS2. The number of hydrogen-bond acceptors (Lipinski definition) is 8. The molecule has 1 N–H and O–H groups in total. The quantitative estimate of drug-likeness (QED) is 0.930. The predicted molar refractivity (Wildman–Crippen MR) is 78.2 cm³/mol. The second kappa shape index (κ2) is 5.81. The average Bonchev–Trinajstić information content (AvgIpc) is 3.08. The second-order valence-electron chi connectivity index (χ2n) is 4.06. The molecule has 1 aliphatic heterocycles. The van der Waals surface area contributed by atoms with Crippen LogP contribution >= 0.6 is 22.7 Å². The SMILES string of the molecule is CCNc1nnc(-c2csc(N3CCOCC3)n2)s1. The van der Waals surface area contributed by atoms with E-state index in [2.05, 4.69) is 25.4 Å². The Morgan fingerprint density at radius 2 is 2.21 bits per heavy atom. The maximum absolute atomic E-state index is 5.35. The van der Waals surface area contributed by atoms with Crippen LogP contribution in [0.3, 0.4) is 0 Å². The zero-order valence-electron chi connectivity index (χ0n) is 10.6. The normalized spacial score (nSPS) is 15.7. The summed E-state index contributed by atoms with van der Waals surface area (Å²) < 4.78 is 5.35. The van der Waals surface area contributed by atoms with Crippen LogP contribution in [0.1, 0.15) is 6.92 Å². The van der Waals surface area contributed by atoms with Crippen LogP contribution in [0.15, 0.2) is 5.38 Å². The molecule has 0 bridgehead atoms. The van der Waals surface area contributed by atoms with Gasteiger partial charge in [-0.05, 0) is 6.92 Å². The molecule has 102 valence electrons. The molecule has 0 atom stereocenters. The lowest BCUT2D eigenvalue weighted by Crippen LogP contribution is -2.36. The molecule has 0 amide bonds. The molecule has 0 spiro atoms. The smallest absolute Gasteiger partial charge is 0.206 e. The number of morpholine rings is 1. The largest absolute Gasteiger partial charge is 0.378 e. The van der Waals surface area contributed by atoms with Gasteiger partial charge in [-0.25, -0.2) is 4.98 Å². The molecule has 19 heavy (non-hydrogen) atoms. The van der Waals surface area contributed by atoms with Crippen molar-refractivity contribution in [3.8, 4) is 10.7 Å². The van der Waals surface area contributed by atoms with Gasteiger partial charge in [0.05, 0.1) is 13.2 Å². The summed E-state index contributed by atoms with van der Waals surface area (Å²) in [6.07, 6.45) is 0. The monoisotopic (exact) mass is 297 g/mol. The Balaban J connectivity index is 1.75. The molecule has 0 saturated carbocycles. The number of thiazole rings is 1. The summed E-state index contributed by atoms with van der Waals surface area (Å²) in [6, 6.07) is 0. The zero-order valence-corrected chi connectivity index (χ0v) is 12.3. The molecule has 3 rings (SSSR count). The maximum Gasteiger partial charge on any atom is 0.206 e. The Bertz CT molecular complexity index is 535. The summed E-state index contributed by atoms with van der Waals surface area (Å²) >= 11 is 3.19. The van der Waals surface area contributed by atoms with Gasteiger partial charge in [-0.15, -0.1) is 21.5 Å². The van der Waals surface area contributed by atoms with Gasteiger partial charge >= 0.3 is 0 Å². The fourth-order valence-corrected chi connectivity index (χ4v) is 3.52. The van der Waals surface area contributed by atoms with Crippen LogP contribution in [0.25, 0.3) is 10.7 Å². The van der Waals surface area contributed by atoms with Crippen molar-refractivity contribution in [3.05, 3.63) is 5.38 Å². The molecule has 1 saturated heterocycles. The fourth-order valence-electron chi connectivity index (χ4n) is 1.81. The fraction of sp³-hybridized carbons (Fsp3) is 0.545. The summed E-state index contributed by atoms with van der Waals surface area (Å²) in [7, 11) is 0. The first-order valence-electron chi connectivity index (χ1n) is 6.23. The summed E-state index contributed by atoms with van der Waals surface area (Å²) in [6.45, 7) is 6.26. The van der Waals surface area contributed by atoms with Gasteiger partial charge in [-0.3, -0.25) is 0 Å². The van der Waals surface area contributed by atoms with Gasteiger partial charge in [0.25, 0.3) is 0 Å². The lowest BCUT2D eigenvalue weighted by molar-refractivity contribution is 0.122. The van der Waals surface area contributed by atoms with Crippen molar-refractivity contribution in [2.75, 3.05) is 43.1 Å². The Morgan fingerprint density at radius 3 is 3.00 bits per heavy atom. The predicted octanol–water partition coefficient (Wildman–Crippen LogP) is 1.93. The Kier molecular flexibility index (Phi) is 3.90. The maximum atomic E-state index is 5.35. The number of aromatic nitrogens is 3. The highest BCUT2D eigenvalue weighted by Crippen LogP contribution is 2.30. The van der Waals surface area contributed by atoms with E-state index >= 15 is 0 Å². The van der Waals surface area contributed by atoms with Gasteiger partial charge < -0.3 is 15.0 Å². The van der Waals surface area contributed by atoms with E-state index in [0.717, 1.165) is 53.8 Å². The van der Waals surface area contributed by atoms with E-state index in [-0.39, 0.29) is 0 Å². The van der Waals surface area contributed by atoms with E-state index in [1.807, 2.05) is 12.3 Å². The molecule has 8 heteroatoms. The number of ether oxygens (including phenoxy) is 1. The average molecular weight is 297 g/mol. The first-order valence-corrected chi connectivity index (χ1v) is 7.92. The van der Waals surface area contributed by atoms with Crippen LogP contribution < -0.4 is 10.2 Å². The van der Waals surface area contributed by atoms with Gasteiger partial charge in [0.15, 0.2) is 10.1 Å². The van der Waals surface area contributed by atoms with Crippen molar-refractivity contribution in [2.45, 2.75) is 6.92 Å². The molecule has 2 aromatic rings. The van der Waals surface area contributed by atoms with Crippen LogP contribution in [-0.2, 0) is 4.74 Å². The highest BCUT2D eigenvalue weighted by Gasteiger charge is 2.16. The second-order valence-corrected chi connectivity index (χ2v) is 5.87. The first kappa shape index (κ1) is 12.8. The van der Waals surface area contributed by atoms with Crippen LogP contribution in [0.5, 0.6) is 0 Å². The number of anilines is 2. The van der Waals surface area contributed by atoms with Crippen molar-refractivity contribution in [3.63, 3.8) is 0 Å². The molecule has 1 aliphatic rings. The zero-order chi connectivity index (χ0) is 13.1. The number of nitrogens with one attached hydrogen (secondary N) is 1. The molecule has 6 nitrogen and oxygen atoms in total. The van der Waals surface area contributed by atoms with Gasteiger partial charge in [-0.1, -0.05) is 11.3 Å². The molecule has 0 radical (unpaired) electrons. The summed E-state index contributed by atoms with van der Waals surface area (Å²) in [5.41, 5.74) is 0.910. The molecule has 1 fully saturated rings. The van der Waals surface area contributed by atoms with Crippen molar-refractivity contribution < 1.29 is 4.74 Å². The van der Waals surface area contributed by atoms with Crippen LogP contribution in [-0.4, -0.2) is 48.0 Å². The van der Waals surface area contributed by atoms with E-state index in [1.54, 1.807) is 11.3 Å². The lowest BCUT2D eigenvalue weighted by Gasteiger charge is -2.25. The Hall–Kier alpha value is -1.25. The van der Waals surface area contributed by atoms with Crippen LogP contribution in [0.2, 0.25) is 0 Å². The van der Waals surface area contributed by atoms with Gasteiger partial charge in [0.2, 0.25) is 5.13 Å². The van der Waals surface area contributed by atoms with E-state index in [4.69, 9.17) is 4.74 Å². The first-order chi connectivity index (χ1) is 9.36. The molecular weight excluding hydrogens is 282 g/mol. The topological polar surface area (TPSA) is 63.2 Å². The van der Waals surface area contributed by atoms with Gasteiger partial charge in [-0.2, -0.15) is 0 Å². The summed E-state index contributed by atoms with van der Waals surface area (Å²) in [4.78, 5) is 6.90. The Morgan fingerprint density at radius 1 is 1.37 bits per heavy atom. The van der Waals surface area contributed by atoms with E-state index in [0.29, 0.717) is 0 Å². The lowest BCUT2D eigenvalue weighted by atomic mass is 10.4. The number of rotatable bonds is 4. The minimum Gasteiger partial charge on any atom is -0.378 e. The summed E-state index contributed by atoms with van der Waals surface area (Å²) in [5, 5.41) is 16.2. The number of nitrogens with zero attached hydrogens (tertiary/aromatic N) is 4. The highest BCUT2D eigenvalue weighted by molar-refractivity contribution is 7.19. The van der Waals surface area contributed by atoms with Crippen LogP contribution in [0, 0.1) is 0 Å². The molecule has 0 aromatic carbocycles. The van der Waals surface area contributed by atoms with Crippen LogP contribution in [0.4, 0.5) is 10.3 Å². The molecule has 2 aromatic heterocycles. The molecule has 0 aliphatic carbocycles. The van der Waals surface area contributed by atoms with Crippen molar-refractivity contribution in [1.29, 1.82) is 0 Å². The minimum absolute atomic E-state index is 0.776. The van der Waals surface area contributed by atoms with E-state index in [9.17, 15) is 0 Å². The highest BCUT2D eigenvalue weighted by atomic mass is 32.1. The molecule has 3 heterocycles. The van der Waals surface area contributed by atoms with Crippen molar-refractivity contribution in [2.24, 2.45) is 0 Å². The molecule has 0 unspecified atom stereocenters. The van der Waals surface area contributed by atoms with E-state index in [1.165, 1.54) is 11.3 Å². The Labute approximate surface area is 119 Å². The minimum atomic E-state index is 0.776. The third kappa shape index (κ3) is 2.85. The standard InChI is InChI=1S/C11H15N5OS2/c1-2-12-10-15-14-9(19-10)8-7-18-11(13-8)16-3-5-17-6-4-16/h7H,2-6H2,1H3,(H,12,15). The van der Waals surface area contributed by atoms with Gasteiger partial charge in [0, 0.05) is 25.0 Å². The third-order valence-corrected chi connectivity index (χ3v) is 4.55. The van der Waals surface area contributed by atoms with E-state index < -0.39 is 0 Å². The summed E-state index contributed by atoms with van der Waals surface area (Å²) in [5.74, 6) is 0. The van der Waals surface area contributed by atoms with Crippen molar-refractivity contribution >= 4 is 32.9 Å². The van der Waals surface area contributed by atoms with Crippen molar-refractivity contribution in [1.82, 2.24) is 15.2 Å². The number of hydrogen-bond donors (Lipinski definition) is 1. The third-order valence-electron chi connectivity index (χ3n) is 2.75.